The highest BCUT2D eigenvalue weighted by Gasteiger charge is 2.58. The molecule has 0 radical (unpaired) electrons. The van der Waals surface area contributed by atoms with Crippen LogP contribution >= 0.6 is 24.0 Å². The number of nitrogens with zero attached hydrogens (tertiary/aromatic N) is 1. The van der Waals surface area contributed by atoms with Gasteiger partial charge in [0.15, 0.2) is 4.32 Å². The zero-order valence-electron chi connectivity index (χ0n) is 18.1. The Hall–Kier alpha value is -0.880. The monoisotopic (exact) mass is 434 g/mol. The van der Waals surface area contributed by atoms with E-state index in [1.807, 2.05) is 6.26 Å². The largest absolute Gasteiger partial charge is 0.462 e. The van der Waals surface area contributed by atoms with Gasteiger partial charge in [-0.2, -0.15) is 5.10 Å². The van der Waals surface area contributed by atoms with E-state index in [2.05, 4.69) is 25.3 Å². The molecule has 0 saturated heterocycles. The van der Waals surface area contributed by atoms with Crippen LogP contribution in [0.3, 0.4) is 0 Å². The molecule has 4 nitrogen and oxygen atoms in total. The third-order valence-electron chi connectivity index (χ3n) is 8.60. The van der Waals surface area contributed by atoms with Gasteiger partial charge < -0.3 is 4.74 Å². The number of esters is 1. The molecule has 1 N–H and O–H groups in total. The van der Waals surface area contributed by atoms with Crippen molar-refractivity contribution in [3.05, 3.63) is 11.6 Å². The molecule has 3 saturated carbocycles. The van der Waals surface area contributed by atoms with Crippen molar-refractivity contribution in [3.63, 3.8) is 0 Å². The van der Waals surface area contributed by atoms with Gasteiger partial charge >= 0.3 is 5.97 Å². The first-order valence-electron chi connectivity index (χ1n) is 11.1. The fraction of sp³-hybridized carbons (Fsp3) is 0.783. The minimum absolute atomic E-state index is 0.0776. The van der Waals surface area contributed by atoms with Gasteiger partial charge in [0.2, 0.25) is 0 Å². The van der Waals surface area contributed by atoms with Crippen LogP contribution in [0.15, 0.2) is 16.8 Å². The van der Waals surface area contributed by atoms with Gasteiger partial charge in [0.05, 0.1) is 0 Å². The second kappa shape index (κ2) is 7.99. The lowest BCUT2D eigenvalue weighted by molar-refractivity contribution is -0.148. The van der Waals surface area contributed by atoms with Crippen molar-refractivity contribution in [2.24, 2.45) is 33.7 Å². The summed E-state index contributed by atoms with van der Waals surface area (Å²) in [7, 11) is 0. The Morgan fingerprint density at radius 1 is 1.24 bits per heavy atom. The maximum atomic E-state index is 11.4. The zero-order valence-corrected chi connectivity index (χ0v) is 19.8. The molecule has 0 aromatic carbocycles. The van der Waals surface area contributed by atoms with Crippen molar-refractivity contribution in [1.29, 1.82) is 0 Å². The molecule has 4 aliphatic rings. The SMILES string of the molecule is CSC(=S)N/N=C1\CCC2C3CC=C4CC(OC(C)=O)CC[C@]4(C)C3CC[C@]12C. The van der Waals surface area contributed by atoms with Crippen molar-refractivity contribution in [3.8, 4) is 0 Å². The van der Waals surface area contributed by atoms with Crippen LogP contribution in [-0.4, -0.2) is 28.4 Å². The first kappa shape index (κ1) is 21.4. The summed E-state index contributed by atoms with van der Waals surface area (Å²) in [6, 6.07) is 0. The maximum Gasteiger partial charge on any atom is 0.302 e. The highest BCUT2D eigenvalue weighted by molar-refractivity contribution is 8.22. The number of hydrogen-bond donors (Lipinski definition) is 1. The van der Waals surface area contributed by atoms with Crippen LogP contribution in [0.5, 0.6) is 0 Å². The summed E-state index contributed by atoms with van der Waals surface area (Å²) >= 11 is 6.83. The second-order valence-corrected chi connectivity index (χ2v) is 11.4. The number of allylic oxidation sites excluding steroid dienone is 1. The molecule has 6 heteroatoms. The van der Waals surface area contributed by atoms with Gasteiger partial charge in [0.1, 0.15) is 6.10 Å². The summed E-state index contributed by atoms with van der Waals surface area (Å²) < 4.78 is 6.31. The van der Waals surface area contributed by atoms with Gasteiger partial charge in [0, 0.05) is 24.5 Å². The lowest BCUT2D eigenvalue weighted by atomic mass is 9.48. The predicted octanol–water partition coefficient (Wildman–Crippen LogP) is 5.47. The molecule has 4 rings (SSSR count). The number of carbonyl (C=O) groups excluding carboxylic acids is 1. The molecule has 0 aromatic heterocycles. The Balaban J connectivity index is 1.54. The number of thioether (sulfide) groups is 1. The minimum Gasteiger partial charge on any atom is -0.462 e. The Morgan fingerprint density at radius 3 is 2.69 bits per heavy atom. The Morgan fingerprint density at radius 2 is 1.97 bits per heavy atom. The summed E-state index contributed by atoms with van der Waals surface area (Å²) in [6.07, 6.45) is 13.7. The van der Waals surface area contributed by atoms with Crippen LogP contribution < -0.4 is 5.43 Å². The van der Waals surface area contributed by atoms with Crippen molar-refractivity contribution in [2.75, 3.05) is 6.26 Å². The third-order valence-corrected chi connectivity index (χ3v) is 9.65. The lowest BCUT2D eigenvalue weighted by Crippen LogP contribution is -2.50. The van der Waals surface area contributed by atoms with E-state index >= 15 is 0 Å². The third kappa shape index (κ3) is 3.69. The van der Waals surface area contributed by atoms with Crippen molar-refractivity contribution in [1.82, 2.24) is 5.43 Å². The van der Waals surface area contributed by atoms with E-state index < -0.39 is 0 Å². The Labute approximate surface area is 184 Å². The maximum absolute atomic E-state index is 11.4. The number of carbonyl (C=O) groups is 1. The molecule has 6 atom stereocenters. The molecular formula is C23H34N2O2S2. The summed E-state index contributed by atoms with van der Waals surface area (Å²) in [5.41, 5.74) is 6.47. The van der Waals surface area contributed by atoms with Crippen LogP contribution in [0.2, 0.25) is 0 Å². The number of rotatable bonds is 2. The average Bonchev–Trinajstić information content (AvgIpc) is 3.02. The number of ether oxygens (including phenoxy) is 1. The summed E-state index contributed by atoms with van der Waals surface area (Å²) in [5, 5.41) is 4.76. The van der Waals surface area contributed by atoms with Crippen molar-refractivity contribution in [2.45, 2.75) is 78.2 Å². The lowest BCUT2D eigenvalue weighted by Gasteiger charge is -2.57. The number of thiocarbonyl (C=S) groups is 1. The molecule has 0 aromatic rings. The van der Waals surface area contributed by atoms with Crippen LogP contribution in [-0.2, 0) is 9.53 Å². The molecule has 0 heterocycles. The number of fused-ring (bicyclic) bond motifs is 5. The highest BCUT2D eigenvalue weighted by Crippen LogP contribution is 2.64. The average molecular weight is 435 g/mol. The van der Waals surface area contributed by atoms with Gasteiger partial charge in [-0.1, -0.05) is 49.5 Å². The van der Waals surface area contributed by atoms with Gasteiger partial charge in [-0.25, -0.2) is 0 Å². The fourth-order valence-electron chi connectivity index (χ4n) is 7.09. The summed E-state index contributed by atoms with van der Waals surface area (Å²) in [4.78, 5) is 11.4. The molecule has 4 unspecified atom stereocenters. The highest BCUT2D eigenvalue weighted by atomic mass is 32.2. The standard InChI is InChI=1S/C23H34N2O2S2/c1-14(26)27-16-9-11-22(2)15(13-16)5-6-17-18-7-8-20(24-25-21(28)29-4)23(18,3)12-10-19(17)22/h5,16-19H,6-13H2,1-4H3,(H,25,28)/b24-20+/t16?,17?,18?,19?,22-,23-/m0/s1. The molecule has 3 fully saturated rings. The summed E-state index contributed by atoms with van der Waals surface area (Å²) in [6.45, 7) is 6.47. The van der Waals surface area contributed by atoms with Crippen molar-refractivity contribution >= 4 is 40.0 Å². The topological polar surface area (TPSA) is 50.7 Å². The first-order chi connectivity index (χ1) is 13.8. The van der Waals surface area contributed by atoms with Crippen molar-refractivity contribution < 1.29 is 9.53 Å². The first-order valence-corrected chi connectivity index (χ1v) is 12.7. The molecule has 0 bridgehead atoms. The quantitative estimate of drug-likeness (QED) is 0.270. The van der Waals surface area contributed by atoms with E-state index in [1.165, 1.54) is 38.3 Å². The van der Waals surface area contributed by atoms with E-state index in [9.17, 15) is 4.79 Å². The molecule has 160 valence electrons. The van der Waals surface area contributed by atoms with Crippen LogP contribution in [0.1, 0.15) is 72.1 Å². The van der Waals surface area contributed by atoms with E-state index in [0.29, 0.717) is 5.92 Å². The van der Waals surface area contributed by atoms with E-state index in [0.717, 1.165) is 41.8 Å². The Kier molecular flexibility index (Phi) is 5.88. The molecule has 0 aliphatic heterocycles. The molecule has 0 amide bonds. The second-order valence-electron chi connectivity index (χ2n) is 9.89. The number of nitrogens with one attached hydrogen (secondary N) is 1. The fourth-order valence-corrected chi connectivity index (χ4v) is 7.28. The predicted molar refractivity (Wildman–Crippen MR) is 124 cm³/mol. The van der Waals surface area contributed by atoms with E-state index in [4.69, 9.17) is 22.1 Å². The molecular weight excluding hydrogens is 400 g/mol. The van der Waals surface area contributed by atoms with E-state index in [1.54, 1.807) is 17.3 Å². The molecule has 29 heavy (non-hydrogen) atoms. The van der Waals surface area contributed by atoms with Crippen LogP contribution in [0.25, 0.3) is 0 Å². The normalized spacial score (nSPS) is 42.3. The number of hydrogen-bond acceptors (Lipinski definition) is 5. The minimum atomic E-state index is -0.145. The van der Waals surface area contributed by atoms with Crippen LogP contribution in [0, 0.1) is 28.6 Å². The summed E-state index contributed by atoms with van der Waals surface area (Å²) in [5.74, 6) is 2.06. The van der Waals surface area contributed by atoms with E-state index in [-0.39, 0.29) is 22.9 Å². The Bertz CT molecular complexity index is 764. The smallest absolute Gasteiger partial charge is 0.302 e. The van der Waals surface area contributed by atoms with Crippen LogP contribution in [0.4, 0.5) is 0 Å². The zero-order chi connectivity index (χ0) is 20.8. The van der Waals surface area contributed by atoms with Gasteiger partial charge in [-0.05, 0) is 74.4 Å². The van der Waals surface area contributed by atoms with Gasteiger partial charge in [-0.3, -0.25) is 10.2 Å². The van der Waals surface area contributed by atoms with Gasteiger partial charge in [-0.15, -0.1) is 0 Å². The number of hydrazone groups is 1. The molecule has 0 spiro atoms. The molecule has 4 aliphatic carbocycles. The van der Waals surface area contributed by atoms with Gasteiger partial charge in [0.25, 0.3) is 0 Å².